The second-order valence-electron chi connectivity index (χ2n) is 6.56. The summed E-state index contributed by atoms with van der Waals surface area (Å²) in [5, 5.41) is 11.3. The summed E-state index contributed by atoms with van der Waals surface area (Å²) in [6, 6.07) is 14.9. The number of rotatable bonds is 4. The molecule has 0 bridgehead atoms. The van der Waals surface area contributed by atoms with Crippen LogP contribution in [-0.2, 0) is 0 Å². The molecule has 0 spiro atoms. The van der Waals surface area contributed by atoms with Gasteiger partial charge in [-0.05, 0) is 36.8 Å². The third-order valence-corrected chi connectivity index (χ3v) is 4.62. The van der Waals surface area contributed by atoms with Crippen LogP contribution < -0.4 is 15.1 Å². The number of halogens is 1. The number of piperazine rings is 1. The van der Waals surface area contributed by atoms with E-state index >= 15 is 0 Å². The molecule has 0 aliphatic carbocycles. The molecule has 0 amide bonds. The molecular weight excluding hydrogens is 343 g/mol. The summed E-state index contributed by atoms with van der Waals surface area (Å²) >= 11 is 0. The first-order chi connectivity index (χ1) is 13.2. The minimum Gasteiger partial charge on any atom is -0.366 e. The SMILES string of the molecule is Cc1cccc(Nc2nncc(N3CCN(c4ccccc4F)CC3)n2)c1. The fraction of sp³-hybridized carbons (Fsp3) is 0.250. The molecule has 0 unspecified atom stereocenters. The van der Waals surface area contributed by atoms with E-state index < -0.39 is 0 Å². The molecule has 1 N–H and O–H groups in total. The molecule has 1 aromatic heterocycles. The first-order valence-corrected chi connectivity index (χ1v) is 8.97. The second kappa shape index (κ2) is 7.57. The van der Waals surface area contributed by atoms with Crippen molar-refractivity contribution >= 4 is 23.1 Å². The molecule has 1 aliphatic heterocycles. The molecule has 0 radical (unpaired) electrons. The summed E-state index contributed by atoms with van der Waals surface area (Å²) in [5.41, 5.74) is 2.74. The smallest absolute Gasteiger partial charge is 0.249 e. The molecule has 7 heteroatoms. The standard InChI is InChI=1S/C20H21FN6/c1-15-5-4-6-16(13-15)23-20-24-19(14-22-25-20)27-11-9-26(10-12-27)18-8-3-2-7-17(18)21/h2-8,13-14H,9-12H2,1H3,(H,23,24,25). The van der Waals surface area contributed by atoms with Crippen molar-refractivity contribution in [3.63, 3.8) is 0 Å². The van der Waals surface area contributed by atoms with E-state index in [1.54, 1.807) is 12.3 Å². The molecule has 0 atom stereocenters. The van der Waals surface area contributed by atoms with E-state index in [9.17, 15) is 4.39 Å². The van der Waals surface area contributed by atoms with E-state index in [0.29, 0.717) is 11.6 Å². The summed E-state index contributed by atoms with van der Waals surface area (Å²) in [7, 11) is 0. The predicted octanol–water partition coefficient (Wildman–Crippen LogP) is 3.39. The van der Waals surface area contributed by atoms with Gasteiger partial charge in [-0.15, -0.1) is 5.10 Å². The fourth-order valence-corrected chi connectivity index (χ4v) is 3.24. The Kier molecular flexibility index (Phi) is 4.82. The Balaban J connectivity index is 1.43. The van der Waals surface area contributed by atoms with Gasteiger partial charge in [0, 0.05) is 31.9 Å². The number of nitrogens with one attached hydrogen (secondary N) is 1. The number of anilines is 4. The molecule has 1 aliphatic rings. The van der Waals surface area contributed by atoms with E-state index in [1.165, 1.54) is 6.07 Å². The Bertz CT molecular complexity index is 924. The van der Waals surface area contributed by atoms with Crippen molar-refractivity contribution in [1.29, 1.82) is 0 Å². The lowest BCUT2D eigenvalue weighted by molar-refractivity contribution is 0.595. The lowest BCUT2D eigenvalue weighted by Gasteiger charge is -2.36. The number of hydrogen-bond donors (Lipinski definition) is 1. The normalized spacial score (nSPS) is 14.3. The zero-order chi connectivity index (χ0) is 18.6. The molecule has 2 heterocycles. The summed E-state index contributed by atoms with van der Waals surface area (Å²) in [5.74, 6) is 1.06. The minimum absolute atomic E-state index is 0.181. The van der Waals surface area contributed by atoms with Crippen molar-refractivity contribution in [2.24, 2.45) is 0 Å². The van der Waals surface area contributed by atoms with Crippen LogP contribution in [0.5, 0.6) is 0 Å². The molecule has 1 fully saturated rings. The minimum atomic E-state index is -0.181. The van der Waals surface area contributed by atoms with Gasteiger partial charge in [-0.3, -0.25) is 0 Å². The average molecular weight is 364 g/mol. The highest BCUT2D eigenvalue weighted by molar-refractivity contribution is 5.56. The molecule has 138 valence electrons. The van der Waals surface area contributed by atoms with Gasteiger partial charge in [0.05, 0.1) is 11.9 Å². The summed E-state index contributed by atoms with van der Waals surface area (Å²) in [6.07, 6.45) is 1.67. The highest BCUT2D eigenvalue weighted by atomic mass is 19.1. The molecule has 1 saturated heterocycles. The maximum atomic E-state index is 14.0. The van der Waals surface area contributed by atoms with Gasteiger partial charge in [-0.1, -0.05) is 24.3 Å². The van der Waals surface area contributed by atoms with Crippen LogP contribution in [0, 0.1) is 12.7 Å². The number of nitrogens with zero attached hydrogens (tertiary/aromatic N) is 5. The molecular formula is C20H21FN6. The maximum absolute atomic E-state index is 14.0. The first-order valence-electron chi connectivity index (χ1n) is 8.97. The van der Waals surface area contributed by atoms with Crippen molar-refractivity contribution in [3.8, 4) is 0 Å². The van der Waals surface area contributed by atoms with Crippen molar-refractivity contribution in [2.45, 2.75) is 6.92 Å². The van der Waals surface area contributed by atoms with Gasteiger partial charge < -0.3 is 15.1 Å². The van der Waals surface area contributed by atoms with Crippen molar-refractivity contribution in [2.75, 3.05) is 41.3 Å². The van der Waals surface area contributed by atoms with E-state index in [1.807, 2.05) is 43.3 Å². The molecule has 27 heavy (non-hydrogen) atoms. The first kappa shape index (κ1) is 17.2. The van der Waals surface area contributed by atoms with Gasteiger partial charge in [-0.25, -0.2) is 4.39 Å². The van der Waals surface area contributed by atoms with Crippen molar-refractivity contribution in [1.82, 2.24) is 15.2 Å². The predicted molar refractivity (Wildman–Crippen MR) is 105 cm³/mol. The number of benzene rings is 2. The Labute approximate surface area is 157 Å². The third-order valence-electron chi connectivity index (χ3n) is 4.62. The van der Waals surface area contributed by atoms with Crippen molar-refractivity contribution in [3.05, 3.63) is 66.1 Å². The van der Waals surface area contributed by atoms with Crippen LogP contribution in [0.15, 0.2) is 54.7 Å². The summed E-state index contributed by atoms with van der Waals surface area (Å²) < 4.78 is 14.0. The zero-order valence-electron chi connectivity index (χ0n) is 15.1. The average Bonchev–Trinajstić information content (AvgIpc) is 2.69. The number of aryl methyl sites for hydroxylation is 1. The van der Waals surface area contributed by atoms with Crippen molar-refractivity contribution < 1.29 is 4.39 Å². The topological polar surface area (TPSA) is 57.2 Å². The molecule has 3 aromatic rings. The highest BCUT2D eigenvalue weighted by Gasteiger charge is 2.20. The van der Waals surface area contributed by atoms with E-state index in [-0.39, 0.29) is 5.82 Å². The van der Waals surface area contributed by atoms with Gasteiger partial charge in [0.15, 0.2) is 5.82 Å². The number of para-hydroxylation sites is 1. The van der Waals surface area contributed by atoms with Crippen LogP contribution in [-0.4, -0.2) is 41.4 Å². The zero-order valence-corrected chi connectivity index (χ0v) is 15.1. The van der Waals surface area contributed by atoms with Crippen LogP contribution >= 0.6 is 0 Å². The molecule has 4 rings (SSSR count). The van der Waals surface area contributed by atoms with Gasteiger partial charge >= 0.3 is 0 Å². The van der Waals surface area contributed by atoms with E-state index in [4.69, 9.17) is 0 Å². The quantitative estimate of drug-likeness (QED) is 0.766. The Morgan fingerprint density at radius 1 is 0.963 bits per heavy atom. The Morgan fingerprint density at radius 3 is 2.52 bits per heavy atom. The van der Waals surface area contributed by atoms with Gasteiger partial charge in [0.1, 0.15) is 5.82 Å². The largest absolute Gasteiger partial charge is 0.366 e. The Hall–Kier alpha value is -3.22. The lowest BCUT2D eigenvalue weighted by atomic mass is 10.2. The summed E-state index contributed by atoms with van der Waals surface area (Å²) in [4.78, 5) is 8.79. The van der Waals surface area contributed by atoms with Gasteiger partial charge in [-0.2, -0.15) is 10.1 Å². The highest BCUT2D eigenvalue weighted by Crippen LogP contribution is 2.22. The fourth-order valence-electron chi connectivity index (χ4n) is 3.24. The summed E-state index contributed by atoms with van der Waals surface area (Å²) in [6.45, 7) is 4.99. The van der Waals surface area contributed by atoms with Crippen LogP contribution in [0.3, 0.4) is 0 Å². The second-order valence-corrected chi connectivity index (χ2v) is 6.56. The lowest BCUT2D eigenvalue weighted by Crippen LogP contribution is -2.47. The molecule has 0 saturated carbocycles. The monoisotopic (exact) mass is 364 g/mol. The van der Waals surface area contributed by atoms with E-state index in [2.05, 4.69) is 30.3 Å². The maximum Gasteiger partial charge on any atom is 0.249 e. The van der Waals surface area contributed by atoms with Crippen LogP contribution in [0.1, 0.15) is 5.56 Å². The van der Waals surface area contributed by atoms with Crippen LogP contribution in [0.4, 0.5) is 27.5 Å². The third kappa shape index (κ3) is 3.97. The van der Waals surface area contributed by atoms with Gasteiger partial charge in [0.2, 0.25) is 5.95 Å². The molecule has 6 nitrogen and oxygen atoms in total. The van der Waals surface area contributed by atoms with Gasteiger partial charge in [0.25, 0.3) is 0 Å². The van der Waals surface area contributed by atoms with Crippen LogP contribution in [0.25, 0.3) is 0 Å². The van der Waals surface area contributed by atoms with Crippen LogP contribution in [0.2, 0.25) is 0 Å². The molecule has 2 aromatic carbocycles. The number of hydrogen-bond acceptors (Lipinski definition) is 6. The Morgan fingerprint density at radius 2 is 1.74 bits per heavy atom. The number of aromatic nitrogens is 3. The van der Waals surface area contributed by atoms with E-state index in [0.717, 1.165) is 43.2 Å².